The van der Waals surface area contributed by atoms with E-state index in [0.717, 1.165) is 83.5 Å². The number of aliphatic hydroxyl groups excluding tert-OH is 2. The van der Waals surface area contributed by atoms with Crippen molar-refractivity contribution in [1.82, 2.24) is 5.32 Å². The van der Waals surface area contributed by atoms with Crippen LogP contribution in [0.1, 0.15) is 232 Å². The van der Waals surface area contributed by atoms with Crippen LogP contribution in [0, 0.1) is 0 Å². The molecule has 0 aliphatic heterocycles. The first-order valence-corrected chi connectivity index (χ1v) is 25.4. The maximum Gasteiger partial charge on any atom is 0.220 e. The van der Waals surface area contributed by atoms with Crippen molar-refractivity contribution in [3.63, 3.8) is 0 Å². The van der Waals surface area contributed by atoms with Crippen LogP contribution in [0.4, 0.5) is 0 Å². The lowest BCUT2D eigenvalue weighted by molar-refractivity contribution is -0.123. The van der Waals surface area contributed by atoms with E-state index < -0.39 is 12.1 Å². The van der Waals surface area contributed by atoms with Crippen LogP contribution in [0.3, 0.4) is 0 Å². The summed E-state index contributed by atoms with van der Waals surface area (Å²) in [7, 11) is 0. The van der Waals surface area contributed by atoms with Gasteiger partial charge in [-0.3, -0.25) is 4.79 Å². The van der Waals surface area contributed by atoms with Crippen molar-refractivity contribution in [3.8, 4) is 0 Å². The van der Waals surface area contributed by atoms with E-state index in [1.807, 2.05) is 0 Å². The van der Waals surface area contributed by atoms with E-state index >= 15 is 0 Å². The number of carbonyl (C=O) groups is 1. The van der Waals surface area contributed by atoms with Gasteiger partial charge in [0.15, 0.2) is 0 Å². The Morgan fingerprint density at radius 1 is 0.417 bits per heavy atom. The van der Waals surface area contributed by atoms with Crippen LogP contribution in [0.25, 0.3) is 0 Å². The second-order valence-electron chi connectivity index (χ2n) is 16.9. The summed E-state index contributed by atoms with van der Waals surface area (Å²) in [4.78, 5) is 12.4. The Morgan fingerprint density at radius 3 is 1.07 bits per heavy atom. The summed E-state index contributed by atoms with van der Waals surface area (Å²) in [6, 6.07) is -0.567. The zero-order valence-corrected chi connectivity index (χ0v) is 39.4. The van der Waals surface area contributed by atoms with Crippen LogP contribution in [0.15, 0.2) is 97.2 Å². The average molecular weight is 832 g/mol. The Bertz CT molecular complexity index is 1130. The van der Waals surface area contributed by atoms with Crippen LogP contribution in [0.5, 0.6) is 0 Å². The maximum atomic E-state index is 12.4. The summed E-state index contributed by atoms with van der Waals surface area (Å²) >= 11 is 0. The number of aliphatic hydroxyl groups is 2. The summed E-state index contributed by atoms with van der Waals surface area (Å²) in [5.41, 5.74) is 0. The average Bonchev–Trinajstić information content (AvgIpc) is 3.25. The third kappa shape index (κ3) is 46.4. The van der Waals surface area contributed by atoms with Gasteiger partial charge >= 0.3 is 0 Å². The summed E-state index contributed by atoms with van der Waals surface area (Å²) in [5.74, 6) is -0.0757. The van der Waals surface area contributed by atoms with Crippen molar-refractivity contribution >= 4 is 5.91 Å². The fraction of sp³-hybridized carbons (Fsp3) is 0.696. The molecule has 4 heteroatoms. The van der Waals surface area contributed by atoms with Crippen LogP contribution < -0.4 is 5.32 Å². The number of allylic oxidation sites excluding steroid dienone is 16. The number of rotatable bonds is 45. The summed E-state index contributed by atoms with van der Waals surface area (Å²) < 4.78 is 0. The van der Waals surface area contributed by atoms with Crippen molar-refractivity contribution in [2.45, 2.75) is 244 Å². The molecule has 0 aromatic rings. The standard InChI is InChI=1S/C56H97NO3/c1-3-5-7-9-11-13-15-17-19-21-23-25-26-27-28-29-30-32-34-36-38-40-42-44-46-48-50-52-56(60)57-54(53-58)55(59)51-49-47-45-43-41-39-37-35-33-31-24-22-20-18-16-14-12-10-8-6-4-2/h5,7,11,13,17,19,23,25,27-28,30,32,36,38,42,44,54-55,58-59H,3-4,6,8-10,12,14-16,18,20-22,24,26,29,31,33-35,37,39-41,43,45-53H2,1-2H3,(H,57,60)/b7-5-,13-11-,19-17-,25-23-,28-27-,32-30-,38-36-,44-42-. The fourth-order valence-electron chi connectivity index (χ4n) is 7.26. The molecule has 0 aliphatic carbocycles. The lowest BCUT2D eigenvalue weighted by Crippen LogP contribution is -2.45. The van der Waals surface area contributed by atoms with Crippen molar-refractivity contribution in [2.24, 2.45) is 0 Å². The molecule has 0 bridgehead atoms. The lowest BCUT2D eigenvalue weighted by Gasteiger charge is -2.22. The zero-order valence-electron chi connectivity index (χ0n) is 39.4. The van der Waals surface area contributed by atoms with Gasteiger partial charge < -0.3 is 15.5 Å². The minimum atomic E-state index is -0.686. The third-order valence-corrected chi connectivity index (χ3v) is 11.1. The zero-order chi connectivity index (χ0) is 43.5. The molecule has 0 aromatic heterocycles. The molecule has 4 nitrogen and oxygen atoms in total. The van der Waals surface area contributed by atoms with Gasteiger partial charge in [0.25, 0.3) is 0 Å². The van der Waals surface area contributed by atoms with Gasteiger partial charge in [-0.15, -0.1) is 0 Å². The predicted molar refractivity (Wildman–Crippen MR) is 266 cm³/mol. The Hall–Kier alpha value is -2.69. The topological polar surface area (TPSA) is 69.6 Å². The Kier molecular flexibility index (Phi) is 48.4. The van der Waals surface area contributed by atoms with Crippen molar-refractivity contribution in [3.05, 3.63) is 97.2 Å². The molecule has 0 saturated heterocycles. The molecule has 2 atom stereocenters. The smallest absolute Gasteiger partial charge is 0.220 e. The minimum Gasteiger partial charge on any atom is -0.394 e. The minimum absolute atomic E-state index is 0.0757. The fourth-order valence-corrected chi connectivity index (χ4v) is 7.26. The quantitative estimate of drug-likeness (QED) is 0.0423. The molecular weight excluding hydrogens is 735 g/mol. The number of hydrogen-bond acceptors (Lipinski definition) is 3. The van der Waals surface area contributed by atoms with Gasteiger partial charge in [-0.05, 0) is 77.0 Å². The van der Waals surface area contributed by atoms with Gasteiger partial charge in [-0.2, -0.15) is 0 Å². The molecule has 0 aliphatic rings. The van der Waals surface area contributed by atoms with Crippen molar-refractivity contribution in [2.75, 3.05) is 6.61 Å². The van der Waals surface area contributed by atoms with E-state index in [-0.39, 0.29) is 12.5 Å². The van der Waals surface area contributed by atoms with E-state index in [1.165, 1.54) is 122 Å². The molecule has 0 radical (unpaired) electrons. The molecule has 0 spiro atoms. The number of amides is 1. The number of hydrogen-bond donors (Lipinski definition) is 3. The van der Waals surface area contributed by atoms with Gasteiger partial charge in [-0.25, -0.2) is 0 Å². The highest BCUT2D eigenvalue weighted by atomic mass is 16.3. The van der Waals surface area contributed by atoms with E-state index in [0.29, 0.717) is 12.8 Å². The van der Waals surface area contributed by atoms with Crippen LogP contribution >= 0.6 is 0 Å². The summed E-state index contributed by atoms with van der Waals surface area (Å²) in [6.45, 7) is 4.23. The van der Waals surface area contributed by atoms with Gasteiger partial charge in [0, 0.05) is 6.42 Å². The Labute approximate surface area is 373 Å². The van der Waals surface area contributed by atoms with Gasteiger partial charge in [0.2, 0.25) is 5.91 Å². The highest BCUT2D eigenvalue weighted by Crippen LogP contribution is 2.16. The first-order chi connectivity index (χ1) is 29.7. The Balaban J connectivity index is 3.65. The largest absolute Gasteiger partial charge is 0.394 e. The molecule has 0 heterocycles. The highest BCUT2D eigenvalue weighted by molar-refractivity contribution is 5.76. The van der Waals surface area contributed by atoms with E-state index in [2.05, 4.69) is 116 Å². The number of carbonyl (C=O) groups excluding carboxylic acids is 1. The molecule has 0 fully saturated rings. The van der Waals surface area contributed by atoms with E-state index in [1.54, 1.807) is 0 Å². The van der Waals surface area contributed by atoms with Gasteiger partial charge in [0.1, 0.15) is 0 Å². The third-order valence-electron chi connectivity index (χ3n) is 11.1. The van der Waals surface area contributed by atoms with Gasteiger partial charge in [0.05, 0.1) is 18.8 Å². The molecule has 60 heavy (non-hydrogen) atoms. The van der Waals surface area contributed by atoms with Crippen LogP contribution in [0.2, 0.25) is 0 Å². The first-order valence-electron chi connectivity index (χ1n) is 25.4. The maximum absolute atomic E-state index is 12.4. The molecule has 2 unspecified atom stereocenters. The molecule has 3 N–H and O–H groups in total. The molecule has 1 amide bonds. The monoisotopic (exact) mass is 832 g/mol. The Morgan fingerprint density at radius 2 is 0.733 bits per heavy atom. The molecule has 344 valence electrons. The van der Waals surface area contributed by atoms with Crippen LogP contribution in [-0.4, -0.2) is 34.9 Å². The van der Waals surface area contributed by atoms with Crippen molar-refractivity contribution < 1.29 is 15.0 Å². The number of nitrogens with one attached hydrogen (secondary N) is 1. The van der Waals surface area contributed by atoms with Crippen LogP contribution in [-0.2, 0) is 4.79 Å². The van der Waals surface area contributed by atoms with Gasteiger partial charge in [-0.1, -0.05) is 246 Å². The second-order valence-corrected chi connectivity index (χ2v) is 16.9. The normalized spacial score (nSPS) is 13.7. The summed E-state index contributed by atoms with van der Waals surface area (Å²) in [5, 5.41) is 23.2. The molecule has 0 rings (SSSR count). The molecule has 0 aromatic carbocycles. The lowest BCUT2D eigenvalue weighted by atomic mass is 10.0. The highest BCUT2D eigenvalue weighted by Gasteiger charge is 2.19. The molecular formula is C56H97NO3. The summed E-state index contributed by atoms with van der Waals surface area (Å²) in [6.07, 6.45) is 75.1. The van der Waals surface area contributed by atoms with E-state index in [9.17, 15) is 15.0 Å². The van der Waals surface area contributed by atoms with Crippen molar-refractivity contribution in [1.29, 1.82) is 0 Å². The number of unbranched alkanes of at least 4 members (excludes halogenated alkanes) is 22. The SMILES string of the molecule is CC/C=C\C/C=C\C/C=C\C/C=C\C/C=C\C/C=C\C/C=C\C/C=C\CCCCC(=O)NC(CO)C(O)CCCCCCCCCCCCCCCCCCCCCCC. The van der Waals surface area contributed by atoms with E-state index in [4.69, 9.17) is 0 Å². The predicted octanol–water partition coefficient (Wildman–Crippen LogP) is 16.6. The second kappa shape index (κ2) is 50.7. The molecule has 0 saturated carbocycles. The first kappa shape index (κ1) is 57.3.